The highest BCUT2D eigenvalue weighted by molar-refractivity contribution is 7.81. The first-order valence-electron chi connectivity index (χ1n) is 9.97. The molecule has 0 saturated carbocycles. The number of rotatable bonds is 9. The molecule has 1 aromatic rings. The average molecular weight is 581 g/mol. The normalized spacial score (nSPS) is 38.4. The molecule has 21 heteroatoms. The van der Waals surface area contributed by atoms with Crippen molar-refractivity contribution in [1.29, 1.82) is 0 Å². The third-order valence-electron chi connectivity index (χ3n) is 5.15. The minimum absolute atomic E-state index is 0.727. The van der Waals surface area contributed by atoms with Gasteiger partial charge in [-0.2, -0.15) is 12.6 Å². The summed E-state index contributed by atoms with van der Waals surface area (Å²) in [6, 6.07) is 0.932. The third kappa shape index (κ3) is 6.71. The quantitative estimate of drug-likeness (QED) is 0.101. The van der Waals surface area contributed by atoms with Crippen LogP contribution in [0.4, 0.5) is 0 Å². The van der Waals surface area contributed by atoms with Gasteiger partial charge in [-0.1, -0.05) is 0 Å². The summed E-state index contributed by atoms with van der Waals surface area (Å²) in [5.74, 6) is 0. The Hall–Kier alpha value is -0.990. The molecule has 3 heterocycles. The molecular formula is C15H23N2O16P2S-. The maximum atomic E-state index is 12.1. The van der Waals surface area contributed by atoms with Gasteiger partial charge >= 0.3 is 13.5 Å². The van der Waals surface area contributed by atoms with E-state index in [0.29, 0.717) is 0 Å². The minimum atomic E-state index is -5.77. The predicted molar refractivity (Wildman–Crippen MR) is 113 cm³/mol. The molecule has 2 fully saturated rings. The van der Waals surface area contributed by atoms with Crippen molar-refractivity contribution in [2.24, 2.45) is 0 Å². The van der Waals surface area contributed by atoms with Crippen molar-refractivity contribution < 1.29 is 67.3 Å². The molecule has 1 aromatic heterocycles. The van der Waals surface area contributed by atoms with Gasteiger partial charge in [-0.15, -0.1) is 0 Å². The molecule has 36 heavy (non-hydrogen) atoms. The van der Waals surface area contributed by atoms with Gasteiger partial charge in [-0.3, -0.25) is 28.0 Å². The van der Waals surface area contributed by atoms with Crippen LogP contribution in [0.2, 0.25) is 0 Å². The number of hydrogen-bond acceptors (Lipinski definition) is 16. The number of thiol groups is 1. The SMILES string of the molecule is O=c1ccn(C2OC(COP(=O)(O)OP(=O)([O-])OC3OC(CO)C(O)C(S)C3O)C(O)C2O)c(=O)[nH]1. The fourth-order valence-corrected chi connectivity index (χ4v) is 5.79. The first-order chi connectivity index (χ1) is 16.7. The number of aromatic amines is 1. The number of ether oxygens (including phenoxy) is 2. The average Bonchev–Trinajstić information content (AvgIpc) is 3.06. The Balaban J connectivity index is 1.61. The Bertz CT molecular complexity index is 1130. The summed E-state index contributed by atoms with van der Waals surface area (Å²) in [6.45, 7) is -1.83. The van der Waals surface area contributed by atoms with Gasteiger partial charge in [-0.05, 0) is 0 Å². The molecular weight excluding hydrogens is 558 g/mol. The number of phosphoric acid groups is 2. The van der Waals surface area contributed by atoms with Crippen molar-refractivity contribution in [3.8, 4) is 0 Å². The Labute approximate surface area is 206 Å². The van der Waals surface area contributed by atoms with Crippen LogP contribution in [-0.4, -0.2) is 101 Å². The van der Waals surface area contributed by atoms with E-state index in [1.54, 1.807) is 0 Å². The smallest absolute Gasteiger partial charge is 0.478 e. The van der Waals surface area contributed by atoms with Gasteiger partial charge in [0.15, 0.2) is 12.5 Å². The molecule has 11 atom stereocenters. The largest absolute Gasteiger partial charge is 0.756 e. The third-order valence-corrected chi connectivity index (χ3v) is 8.33. The number of aliphatic hydroxyl groups excluding tert-OH is 5. The van der Waals surface area contributed by atoms with Crippen molar-refractivity contribution in [3.63, 3.8) is 0 Å². The summed E-state index contributed by atoms with van der Waals surface area (Å²) in [7, 11) is -11.3. The monoisotopic (exact) mass is 581 g/mol. The molecule has 0 spiro atoms. The first-order valence-corrected chi connectivity index (χ1v) is 13.4. The number of nitrogens with one attached hydrogen (secondary N) is 1. The van der Waals surface area contributed by atoms with Crippen LogP contribution < -0.4 is 16.1 Å². The van der Waals surface area contributed by atoms with E-state index in [4.69, 9.17) is 9.47 Å². The van der Waals surface area contributed by atoms with Crippen molar-refractivity contribution >= 4 is 28.3 Å². The summed E-state index contributed by atoms with van der Waals surface area (Å²) in [4.78, 5) is 46.8. The lowest BCUT2D eigenvalue weighted by Crippen LogP contribution is -2.57. The molecule has 0 aliphatic carbocycles. The molecule has 7 N–H and O–H groups in total. The summed E-state index contributed by atoms with van der Waals surface area (Å²) in [6.07, 6.45) is -12.6. The number of aromatic nitrogens is 2. The summed E-state index contributed by atoms with van der Waals surface area (Å²) < 4.78 is 48.0. The zero-order chi connectivity index (χ0) is 27.0. The molecule has 11 unspecified atom stereocenters. The van der Waals surface area contributed by atoms with Crippen LogP contribution in [0.1, 0.15) is 6.23 Å². The Morgan fingerprint density at radius 2 is 1.75 bits per heavy atom. The van der Waals surface area contributed by atoms with Crippen LogP contribution in [0.25, 0.3) is 0 Å². The van der Waals surface area contributed by atoms with Crippen LogP contribution in [0.3, 0.4) is 0 Å². The van der Waals surface area contributed by atoms with Gasteiger partial charge in [0.05, 0.1) is 24.6 Å². The zero-order valence-electron chi connectivity index (χ0n) is 17.8. The van der Waals surface area contributed by atoms with Crippen LogP contribution in [0.5, 0.6) is 0 Å². The molecule has 0 aromatic carbocycles. The van der Waals surface area contributed by atoms with E-state index in [1.807, 2.05) is 4.98 Å². The number of hydrogen-bond donors (Lipinski definition) is 8. The van der Waals surface area contributed by atoms with Crippen LogP contribution in [0, 0.1) is 0 Å². The van der Waals surface area contributed by atoms with E-state index in [9.17, 15) is 54.0 Å². The second-order valence-corrected chi connectivity index (χ2v) is 11.2. The van der Waals surface area contributed by atoms with E-state index >= 15 is 0 Å². The van der Waals surface area contributed by atoms with Gasteiger partial charge in [-0.25, -0.2) is 13.7 Å². The molecule has 2 aliphatic rings. The minimum Gasteiger partial charge on any atom is -0.756 e. The van der Waals surface area contributed by atoms with E-state index in [1.165, 1.54) is 0 Å². The highest BCUT2D eigenvalue weighted by atomic mass is 32.1. The van der Waals surface area contributed by atoms with Gasteiger partial charge in [0.1, 0.15) is 30.5 Å². The molecule has 0 radical (unpaired) electrons. The topological polar surface area (TPSA) is 280 Å². The fraction of sp³-hybridized carbons (Fsp3) is 0.733. The molecule has 3 rings (SSSR count). The Kier molecular flexibility index (Phi) is 9.36. The van der Waals surface area contributed by atoms with Gasteiger partial charge in [0.2, 0.25) is 0 Å². The highest BCUT2D eigenvalue weighted by Crippen LogP contribution is 2.59. The second-order valence-electron chi connectivity index (χ2n) is 7.66. The van der Waals surface area contributed by atoms with Crippen LogP contribution in [-0.2, 0) is 32.0 Å². The van der Waals surface area contributed by atoms with E-state index in [-0.39, 0.29) is 0 Å². The fourth-order valence-electron chi connectivity index (χ4n) is 3.34. The molecule has 2 saturated heterocycles. The standard InChI is InChI=1S/C15H24N2O16P2S/c18-3-5-9(21)12(36)11(23)14(31-5)32-35(27,28)33-34(25,26)29-4-6-8(20)10(22)13(30-6)17-2-1-7(19)16-15(17)24/h1-2,5-6,8-14,18,20-23,36H,3-4H2,(H,25,26)(H,27,28)(H,16,19,24)/p-1. The van der Waals surface area contributed by atoms with Gasteiger partial charge < -0.3 is 44.8 Å². The molecule has 2 aliphatic heterocycles. The molecule has 0 amide bonds. The second kappa shape index (κ2) is 11.4. The van der Waals surface area contributed by atoms with Crippen LogP contribution in [0.15, 0.2) is 21.9 Å². The first kappa shape index (κ1) is 29.6. The van der Waals surface area contributed by atoms with Crippen molar-refractivity contribution in [3.05, 3.63) is 33.1 Å². The number of phosphoric ester groups is 2. The van der Waals surface area contributed by atoms with E-state index in [0.717, 1.165) is 16.8 Å². The maximum Gasteiger partial charge on any atom is 0.478 e. The highest BCUT2D eigenvalue weighted by Gasteiger charge is 2.47. The predicted octanol–water partition coefficient (Wildman–Crippen LogP) is -4.49. The number of aliphatic hydroxyl groups is 5. The molecule has 18 nitrogen and oxygen atoms in total. The summed E-state index contributed by atoms with van der Waals surface area (Å²) >= 11 is 3.87. The van der Waals surface area contributed by atoms with E-state index in [2.05, 4.69) is 26.0 Å². The lowest BCUT2D eigenvalue weighted by Gasteiger charge is -2.41. The van der Waals surface area contributed by atoms with Crippen molar-refractivity contribution in [2.45, 2.75) is 54.4 Å². The zero-order valence-corrected chi connectivity index (χ0v) is 20.5. The summed E-state index contributed by atoms with van der Waals surface area (Å²) in [5, 5.41) is 47.9. The van der Waals surface area contributed by atoms with E-state index < -0.39 is 94.5 Å². The van der Waals surface area contributed by atoms with Crippen molar-refractivity contribution in [1.82, 2.24) is 9.55 Å². The summed E-state index contributed by atoms with van der Waals surface area (Å²) in [5.41, 5.74) is -1.74. The number of H-pyrrole nitrogens is 1. The molecule has 206 valence electrons. The van der Waals surface area contributed by atoms with Gasteiger partial charge in [0.25, 0.3) is 13.4 Å². The number of nitrogens with zero attached hydrogens (tertiary/aromatic N) is 1. The lowest BCUT2D eigenvalue weighted by atomic mass is 10.0. The van der Waals surface area contributed by atoms with Crippen molar-refractivity contribution in [2.75, 3.05) is 13.2 Å². The molecule has 0 bridgehead atoms. The van der Waals surface area contributed by atoms with Crippen LogP contribution >= 0.6 is 28.3 Å². The Morgan fingerprint density at radius 3 is 2.36 bits per heavy atom. The Morgan fingerprint density at radius 1 is 1.08 bits per heavy atom. The van der Waals surface area contributed by atoms with Gasteiger partial charge in [0, 0.05) is 12.3 Å². The lowest BCUT2D eigenvalue weighted by molar-refractivity contribution is -0.278. The maximum absolute atomic E-state index is 12.1.